The van der Waals surface area contributed by atoms with E-state index in [9.17, 15) is 9.59 Å². The van der Waals surface area contributed by atoms with Gasteiger partial charge in [-0.15, -0.1) is 12.4 Å². The Morgan fingerprint density at radius 2 is 1.96 bits per heavy atom. The van der Waals surface area contributed by atoms with Crippen LogP contribution in [0.5, 0.6) is 0 Å². The quantitative estimate of drug-likeness (QED) is 0.884. The number of anilines is 1. The van der Waals surface area contributed by atoms with Crippen molar-refractivity contribution >= 4 is 29.9 Å². The fourth-order valence-electron chi connectivity index (χ4n) is 3.10. The van der Waals surface area contributed by atoms with Crippen molar-refractivity contribution in [3.8, 4) is 0 Å². The first-order valence-electron chi connectivity index (χ1n) is 8.30. The second kappa shape index (κ2) is 9.04. The van der Waals surface area contributed by atoms with Gasteiger partial charge in [0.2, 0.25) is 11.8 Å². The van der Waals surface area contributed by atoms with E-state index in [1.807, 2.05) is 44.2 Å². The number of carbonyl (C=O) groups excluding carboxylic acids is 2. The van der Waals surface area contributed by atoms with Crippen LogP contribution in [0.3, 0.4) is 0 Å². The molecule has 2 N–H and O–H groups in total. The van der Waals surface area contributed by atoms with Crippen LogP contribution in [0.4, 0.5) is 5.69 Å². The average molecular weight is 354 g/mol. The van der Waals surface area contributed by atoms with Gasteiger partial charge in [0, 0.05) is 19.3 Å². The third-order valence-corrected chi connectivity index (χ3v) is 4.34. The first kappa shape index (κ1) is 20.5. The van der Waals surface area contributed by atoms with E-state index in [1.165, 1.54) is 0 Å². The summed E-state index contributed by atoms with van der Waals surface area (Å²) in [4.78, 5) is 28.6. The minimum Gasteiger partial charge on any atom is -0.332 e. The molecule has 1 heterocycles. The van der Waals surface area contributed by atoms with Crippen LogP contribution in [0.15, 0.2) is 30.3 Å². The van der Waals surface area contributed by atoms with Gasteiger partial charge in [0.15, 0.2) is 0 Å². The number of carbonyl (C=O) groups is 2. The molecule has 1 fully saturated rings. The lowest BCUT2D eigenvalue weighted by Crippen LogP contribution is -2.56. The molecule has 2 atom stereocenters. The maximum Gasteiger partial charge on any atom is 0.249 e. The lowest BCUT2D eigenvalue weighted by atomic mass is 9.99. The molecule has 5 nitrogen and oxygen atoms in total. The molecule has 134 valence electrons. The van der Waals surface area contributed by atoms with E-state index in [-0.39, 0.29) is 24.2 Å². The second-order valence-corrected chi connectivity index (χ2v) is 6.67. The number of likely N-dealkylation sites (N-methyl/N-ethyl adjacent to an activating group) is 1. The van der Waals surface area contributed by atoms with Crippen LogP contribution in [-0.4, -0.2) is 42.4 Å². The van der Waals surface area contributed by atoms with Crippen LogP contribution in [0, 0.1) is 5.92 Å². The van der Waals surface area contributed by atoms with Crippen molar-refractivity contribution in [3.05, 3.63) is 30.3 Å². The summed E-state index contributed by atoms with van der Waals surface area (Å²) in [7, 11) is 1.69. The van der Waals surface area contributed by atoms with Gasteiger partial charge >= 0.3 is 0 Å². The van der Waals surface area contributed by atoms with Crippen LogP contribution >= 0.6 is 12.4 Å². The number of hydrogen-bond donors (Lipinski definition) is 1. The predicted octanol–water partition coefficient (Wildman–Crippen LogP) is 2.44. The molecular weight excluding hydrogens is 326 g/mol. The van der Waals surface area contributed by atoms with Crippen molar-refractivity contribution in [2.45, 2.75) is 45.2 Å². The van der Waals surface area contributed by atoms with Crippen molar-refractivity contribution in [2.75, 3.05) is 18.5 Å². The van der Waals surface area contributed by atoms with Gasteiger partial charge in [0.25, 0.3) is 0 Å². The Kier molecular flexibility index (Phi) is 7.70. The summed E-state index contributed by atoms with van der Waals surface area (Å²) in [6, 6.07) is 8.64. The maximum absolute atomic E-state index is 12.8. The topological polar surface area (TPSA) is 66.6 Å². The highest BCUT2D eigenvalue weighted by Gasteiger charge is 2.35. The largest absolute Gasteiger partial charge is 0.332 e. The van der Waals surface area contributed by atoms with Gasteiger partial charge in [0.1, 0.15) is 6.04 Å². The van der Waals surface area contributed by atoms with E-state index in [2.05, 4.69) is 0 Å². The summed E-state index contributed by atoms with van der Waals surface area (Å²) < 4.78 is 0. The molecule has 1 saturated heterocycles. The van der Waals surface area contributed by atoms with Crippen molar-refractivity contribution in [2.24, 2.45) is 11.7 Å². The Morgan fingerprint density at radius 3 is 2.54 bits per heavy atom. The zero-order chi connectivity index (χ0) is 17.0. The highest BCUT2D eigenvalue weighted by molar-refractivity contribution is 6.00. The molecule has 24 heavy (non-hydrogen) atoms. The SMILES string of the molecule is CC(C)C[C@H](N)C(=O)N(C)C1CCCN(c2ccccc2)C1=O.Cl. The number of nitrogens with zero attached hydrogens (tertiary/aromatic N) is 2. The van der Waals surface area contributed by atoms with Gasteiger partial charge in [0.05, 0.1) is 6.04 Å². The molecular formula is C18H28ClN3O2. The highest BCUT2D eigenvalue weighted by Crippen LogP contribution is 2.23. The second-order valence-electron chi connectivity index (χ2n) is 6.67. The maximum atomic E-state index is 12.8. The number of rotatable bonds is 5. The van der Waals surface area contributed by atoms with E-state index in [0.29, 0.717) is 25.3 Å². The first-order valence-corrected chi connectivity index (χ1v) is 8.30. The molecule has 1 aromatic rings. The summed E-state index contributed by atoms with van der Waals surface area (Å²) >= 11 is 0. The van der Waals surface area contributed by atoms with Crippen LogP contribution in [0.25, 0.3) is 0 Å². The fourth-order valence-corrected chi connectivity index (χ4v) is 3.10. The predicted molar refractivity (Wildman–Crippen MR) is 99.3 cm³/mol. The lowest BCUT2D eigenvalue weighted by Gasteiger charge is -2.37. The normalized spacial score (nSPS) is 19.0. The van der Waals surface area contributed by atoms with Gasteiger partial charge in [-0.1, -0.05) is 32.0 Å². The zero-order valence-electron chi connectivity index (χ0n) is 14.6. The molecule has 0 saturated carbocycles. The van der Waals surface area contributed by atoms with Crippen LogP contribution < -0.4 is 10.6 Å². The standard InChI is InChI=1S/C18H27N3O2.ClH/c1-13(2)12-15(19)17(22)20(3)16-10-7-11-21(18(16)23)14-8-5-4-6-9-14;/h4-6,8-9,13,15-16H,7,10-12,19H2,1-3H3;1H/t15-,16?;/m0./s1. The average Bonchev–Trinajstić information content (AvgIpc) is 2.54. The molecule has 0 spiro atoms. The molecule has 1 aliphatic heterocycles. The first-order chi connectivity index (χ1) is 10.9. The minimum atomic E-state index is -0.542. The van der Waals surface area contributed by atoms with E-state index < -0.39 is 12.1 Å². The summed E-state index contributed by atoms with van der Waals surface area (Å²) in [5.74, 6) is 0.187. The van der Waals surface area contributed by atoms with Crippen LogP contribution in [0.1, 0.15) is 33.1 Å². The summed E-state index contributed by atoms with van der Waals surface area (Å²) in [6.45, 7) is 4.77. The fraction of sp³-hybridized carbons (Fsp3) is 0.556. The number of para-hydroxylation sites is 1. The van der Waals surface area contributed by atoms with Crippen molar-refractivity contribution in [1.29, 1.82) is 0 Å². The Balaban J connectivity index is 0.00000288. The number of halogens is 1. The molecule has 6 heteroatoms. The van der Waals surface area contributed by atoms with Crippen molar-refractivity contribution in [3.63, 3.8) is 0 Å². The summed E-state index contributed by atoms with van der Waals surface area (Å²) in [5.41, 5.74) is 6.88. The minimum absolute atomic E-state index is 0. The summed E-state index contributed by atoms with van der Waals surface area (Å²) in [6.07, 6.45) is 2.20. The van der Waals surface area contributed by atoms with E-state index in [1.54, 1.807) is 16.8 Å². The van der Waals surface area contributed by atoms with E-state index in [4.69, 9.17) is 5.73 Å². The number of nitrogens with two attached hydrogens (primary N) is 1. The molecule has 0 aliphatic carbocycles. The van der Waals surface area contributed by atoms with Crippen LogP contribution in [-0.2, 0) is 9.59 Å². The molecule has 0 radical (unpaired) electrons. The Labute approximate surface area is 150 Å². The number of amides is 2. The molecule has 0 bridgehead atoms. The number of hydrogen-bond acceptors (Lipinski definition) is 3. The third-order valence-electron chi connectivity index (χ3n) is 4.34. The van der Waals surface area contributed by atoms with Gasteiger partial charge in [-0.05, 0) is 37.3 Å². The van der Waals surface area contributed by atoms with Crippen molar-refractivity contribution < 1.29 is 9.59 Å². The summed E-state index contributed by atoms with van der Waals surface area (Å²) in [5, 5.41) is 0. The molecule has 1 aromatic carbocycles. The monoisotopic (exact) mass is 353 g/mol. The molecule has 1 unspecified atom stereocenters. The van der Waals surface area contributed by atoms with Crippen molar-refractivity contribution in [1.82, 2.24) is 4.90 Å². The Hall–Kier alpha value is -1.59. The third kappa shape index (κ3) is 4.71. The van der Waals surface area contributed by atoms with E-state index >= 15 is 0 Å². The zero-order valence-corrected chi connectivity index (χ0v) is 15.5. The molecule has 2 amide bonds. The smallest absolute Gasteiger partial charge is 0.249 e. The molecule has 0 aromatic heterocycles. The Morgan fingerprint density at radius 1 is 1.33 bits per heavy atom. The van der Waals surface area contributed by atoms with Gasteiger partial charge in [-0.3, -0.25) is 9.59 Å². The molecule has 2 rings (SSSR count). The van der Waals surface area contributed by atoms with Gasteiger partial charge in [-0.25, -0.2) is 0 Å². The lowest BCUT2D eigenvalue weighted by molar-refractivity contribution is -0.140. The van der Waals surface area contributed by atoms with E-state index in [0.717, 1.165) is 12.1 Å². The van der Waals surface area contributed by atoms with Crippen LogP contribution in [0.2, 0.25) is 0 Å². The highest BCUT2D eigenvalue weighted by atomic mass is 35.5. The van der Waals surface area contributed by atoms with Gasteiger partial charge < -0.3 is 15.5 Å². The van der Waals surface area contributed by atoms with Gasteiger partial charge in [-0.2, -0.15) is 0 Å². The Bertz CT molecular complexity index is 550. The molecule has 1 aliphatic rings. The number of benzene rings is 1. The number of piperidine rings is 1.